The van der Waals surface area contributed by atoms with Gasteiger partial charge >= 0.3 is 0 Å². The zero-order valence-corrected chi connectivity index (χ0v) is 13.3. The molecular weight excluding hydrogens is 272 g/mol. The van der Waals surface area contributed by atoms with Crippen LogP contribution in [0.3, 0.4) is 0 Å². The van der Waals surface area contributed by atoms with Crippen LogP contribution in [0.1, 0.15) is 50.5 Å². The largest absolute Gasteiger partial charge is 0.387 e. The van der Waals surface area contributed by atoms with Gasteiger partial charge in [-0.3, -0.25) is 0 Å². The van der Waals surface area contributed by atoms with Gasteiger partial charge in [-0.15, -0.1) is 0 Å². The standard InChI is InChI=1S/C19H22N2O/c1-4-16(22)19-18(20-17-7-5-6-12-21(17)19)15-10-8-14(9-11-15)13(2)3/h5-13,16,22H,4H2,1-3H3. The van der Waals surface area contributed by atoms with Crippen molar-refractivity contribution in [1.29, 1.82) is 0 Å². The Hall–Kier alpha value is -2.13. The SMILES string of the molecule is CCC(O)c1c(-c2ccc(C(C)C)cc2)nc2ccccn12. The number of rotatable bonds is 4. The zero-order valence-electron chi connectivity index (χ0n) is 13.3. The molecular formula is C19H22N2O. The predicted octanol–water partition coefficient (Wildman–Crippen LogP) is 4.57. The molecule has 0 saturated heterocycles. The Kier molecular flexibility index (Phi) is 3.99. The highest BCUT2D eigenvalue weighted by molar-refractivity contribution is 5.67. The number of pyridine rings is 1. The molecule has 3 heteroatoms. The van der Waals surface area contributed by atoms with E-state index in [1.807, 2.05) is 35.7 Å². The highest BCUT2D eigenvalue weighted by Gasteiger charge is 2.19. The van der Waals surface area contributed by atoms with Crippen LogP contribution in [0.15, 0.2) is 48.7 Å². The van der Waals surface area contributed by atoms with Gasteiger partial charge in [0.25, 0.3) is 0 Å². The van der Waals surface area contributed by atoms with Crippen LogP contribution in [0, 0.1) is 0 Å². The van der Waals surface area contributed by atoms with Crippen molar-refractivity contribution < 1.29 is 5.11 Å². The second-order valence-electron chi connectivity index (χ2n) is 5.98. The quantitative estimate of drug-likeness (QED) is 0.765. The lowest BCUT2D eigenvalue weighted by Gasteiger charge is -2.11. The minimum absolute atomic E-state index is 0.510. The van der Waals surface area contributed by atoms with Crippen LogP contribution in [0.4, 0.5) is 0 Å². The fraction of sp³-hybridized carbons (Fsp3) is 0.316. The normalized spacial score (nSPS) is 13.0. The van der Waals surface area contributed by atoms with Crippen molar-refractivity contribution in [3.63, 3.8) is 0 Å². The first-order chi connectivity index (χ1) is 10.6. The molecule has 0 amide bonds. The number of imidazole rings is 1. The van der Waals surface area contributed by atoms with E-state index in [9.17, 15) is 5.11 Å². The summed E-state index contributed by atoms with van der Waals surface area (Å²) in [6, 6.07) is 14.4. The van der Waals surface area contributed by atoms with Gasteiger partial charge in [0.2, 0.25) is 0 Å². The number of hydrogen-bond donors (Lipinski definition) is 1. The van der Waals surface area contributed by atoms with Gasteiger partial charge in [0, 0.05) is 11.8 Å². The molecule has 0 aliphatic rings. The molecule has 1 unspecified atom stereocenters. The lowest BCUT2D eigenvalue weighted by Crippen LogP contribution is -2.02. The van der Waals surface area contributed by atoms with Crippen LogP contribution in [-0.2, 0) is 0 Å². The number of benzene rings is 1. The Bertz CT molecular complexity index is 772. The van der Waals surface area contributed by atoms with E-state index < -0.39 is 6.10 Å². The van der Waals surface area contributed by atoms with Crippen LogP contribution in [-0.4, -0.2) is 14.5 Å². The number of aliphatic hydroxyl groups excluding tert-OH is 1. The van der Waals surface area contributed by atoms with Gasteiger partial charge in [0.05, 0.1) is 17.5 Å². The van der Waals surface area contributed by atoms with Crippen molar-refractivity contribution in [3.05, 3.63) is 59.9 Å². The van der Waals surface area contributed by atoms with E-state index in [1.165, 1.54) is 5.56 Å². The summed E-state index contributed by atoms with van der Waals surface area (Å²) in [7, 11) is 0. The molecule has 0 aliphatic heterocycles. The topological polar surface area (TPSA) is 37.5 Å². The van der Waals surface area contributed by atoms with E-state index in [1.54, 1.807) is 0 Å². The van der Waals surface area contributed by atoms with E-state index in [2.05, 4.69) is 38.1 Å². The van der Waals surface area contributed by atoms with Gasteiger partial charge in [0.1, 0.15) is 5.65 Å². The summed E-state index contributed by atoms with van der Waals surface area (Å²) in [6.45, 7) is 6.36. The van der Waals surface area contributed by atoms with E-state index in [-0.39, 0.29) is 0 Å². The summed E-state index contributed by atoms with van der Waals surface area (Å²) in [5, 5.41) is 10.4. The molecule has 0 fully saturated rings. The van der Waals surface area contributed by atoms with Crippen LogP contribution < -0.4 is 0 Å². The lowest BCUT2D eigenvalue weighted by molar-refractivity contribution is 0.168. The molecule has 2 aromatic heterocycles. The minimum Gasteiger partial charge on any atom is -0.387 e. The maximum atomic E-state index is 10.4. The Morgan fingerprint density at radius 1 is 1.09 bits per heavy atom. The Balaban J connectivity index is 2.17. The number of nitrogens with zero attached hydrogens (tertiary/aromatic N) is 2. The molecule has 3 aromatic rings. The maximum Gasteiger partial charge on any atom is 0.137 e. The second kappa shape index (κ2) is 5.93. The van der Waals surface area contributed by atoms with Gasteiger partial charge < -0.3 is 9.51 Å². The van der Waals surface area contributed by atoms with Crippen molar-refractivity contribution >= 4 is 5.65 Å². The predicted molar refractivity (Wildman–Crippen MR) is 90.0 cm³/mol. The monoisotopic (exact) mass is 294 g/mol. The molecule has 3 rings (SSSR count). The molecule has 2 heterocycles. The molecule has 1 atom stereocenters. The maximum absolute atomic E-state index is 10.4. The van der Waals surface area contributed by atoms with Gasteiger partial charge in [-0.25, -0.2) is 4.98 Å². The smallest absolute Gasteiger partial charge is 0.137 e. The molecule has 0 saturated carbocycles. The van der Waals surface area contributed by atoms with Crippen molar-refractivity contribution in [1.82, 2.24) is 9.38 Å². The fourth-order valence-electron chi connectivity index (χ4n) is 2.76. The van der Waals surface area contributed by atoms with E-state index in [0.717, 1.165) is 22.6 Å². The Labute approximate surface area is 131 Å². The summed E-state index contributed by atoms with van der Waals surface area (Å²) in [5.41, 5.74) is 4.97. The molecule has 22 heavy (non-hydrogen) atoms. The summed E-state index contributed by atoms with van der Waals surface area (Å²) >= 11 is 0. The van der Waals surface area contributed by atoms with E-state index in [0.29, 0.717) is 12.3 Å². The lowest BCUT2D eigenvalue weighted by atomic mass is 9.99. The number of hydrogen-bond acceptors (Lipinski definition) is 2. The van der Waals surface area contributed by atoms with Gasteiger partial charge in [-0.1, -0.05) is 51.1 Å². The molecule has 3 nitrogen and oxygen atoms in total. The summed E-state index contributed by atoms with van der Waals surface area (Å²) < 4.78 is 1.99. The average molecular weight is 294 g/mol. The van der Waals surface area contributed by atoms with Gasteiger partial charge in [0.15, 0.2) is 0 Å². The first-order valence-corrected chi connectivity index (χ1v) is 7.87. The first-order valence-electron chi connectivity index (χ1n) is 7.87. The molecule has 114 valence electrons. The van der Waals surface area contributed by atoms with Crippen molar-refractivity contribution in [2.45, 2.75) is 39.2 Å². The third-order valence-corrected chi connectivity index (χ3v) is 4.12. The molecule has 0 radical (unpaired) electrons. The third kappa shape index (κ3) is 2.53. The zero-order chi connectivity index (χ0) is 15.7. The third-order valence-electron chi connectivity index (χ3n) is 4.12. The first kappa shape index (κ1) is 14.8. The molecule has 1 N–H and O–H groups in total. The van der Waals surface area contributed by atoms with Gasteiger partial charge in [-0.05, 0) is 30.0 Å². The van der Waals surface area contributed by atoms with Crippen molar-refractivity contribution in [2.75, 3.05) is 0 Å². The molecule has 0 spiro atoms. The number of aliphatic hydroxyl groups is 1. The molecule has 1 aromatic carbocycles. The Morgan fingerprint density at radius 3 is 2.45 bits per heavy atom. The highest BCUT2D eigenvalue weighted by atomic mass is 16.3. The summed E-state index contributed by atoms with van der Waals surface area (Å²) in [5.74, 6) is 0.510. The minimum atomic E-state index is -0.517. The van der Waals surface area contributed by atoms with Crippen LogP contribution in [0.25, 0.3) is 16.9 Å². The summed E-state index contributed by atoms with van der Waals surface area (Å²) in [6.07, 6.45) is 2.11. The van der Waals surface area contributed by atoms with Gasteiger partial charge in [-0.2, -0.15) is 0 Å². The molecule has 0 bridgehead atoms. The van der Waals surface area contributed by atoms with Crippen molar-refractivity contribution in [2.24, 2.45) is 0 Å². The Morgan fingerprint density at radius 2 is 1.82 bits per heavy atom. The molecule has 0 aliphatic carbocycles. The van der Waals surface area contributed by atoms with Crippen LogP contribution in [0.5, 0.6) is 0 Å². The van der Waals surface area contributed by atoms with E-state index >= 15 is 0 Å². The second-order valence-corrected chi connectivity index (χ2v) is 5.98. The number of aromatic nitrogens is 2. The number of fused-ring (bicyclic) bond motifs is 1. The fourth-order valence-corrected chi connectivity index (χ4v) is 2.76. The highest BCUT2D eigenvalue weighted by Crippen LogP contribution is 2.31. The van der Waals surface area contributed by atoms with Crippen molar-refractivity contribution in [3.8, 4) is 11.3 Å². The van der Waals surface area contributed by atoms with Crippen LogP contribution >= 0.6 is 0 Å². The van der Waals surface area contributed by atoms with Crippen LogP contribution in [0.2, 0.25) is 0 Å². The van der Waals surface area contributed by atoms with E-state index in [4.69, 9.17) is 4.98 Å². The average Bonchev–Trinajstić information content (AvgIpc) is 2.93. The summed E-state index contributed by atoms with van der Waals surface area (Å²) in [4.78, 5) is 4.73.